The van der Waals surface area contributed by atoms with Crippen LogP contribution in [0.5, 0.6) is 5.75 Å². The summed E-state index contributed by atoms with van der Waals surface area (Å²) in [6.45, 7) is 0.384. The van der Waals surface area contributed by atoms with Crippen LogP contribution in [0.15, 0.2) is 36.7 Å². The molecule has 0 aliphatic rings. The Morgan fingerprint density at radius 3 is 2.95 bits per heavy atom. The highest BCUT2D eigenvalue weighted by Gasteiger charge is 2.07. The molecule has 20 heavy (non-hydrogen) atoms. The molecule has 0 aliphatic carbocycles. The molecule has 0 aliphatic heterocycles. The van der Waals surface area contributed by atoms with E-state index in [1.165, 1.54) is 12.4 Å². The standard InChI is InChI=1S/C14H16N4O2/c1-18(9-13-15-10-16-17-13)14(19)8-7-11-5-3-4-6-12(11)20-2/h3-8,10H,9H2,1-2H3,(H,15,16,17). The fraction of sp³-hybridized carbons (Fsp3) is 0.214. The van der Waals surface area contributed by atoms with Crippen LogP contribution < -0.4 is 4.74 Å². The van der Waals surface area contributed by atoms with Crippen molar-refractivity contribution in [3.63, 3.8) is 0 Å². The van der Waals surface area contributed by atoms with Gasteiger partial charge in [0.1, 0.15) is 17.9 Å². The topological polar surface area (TPSA) is 71.1 Å². The summed E-state index contributed by atoms with van der Waals surface area (Å²) in [4.78, 5) is 17.5. The molecule has 2 aromatic rings. The minimum absolute atomic E-state index is 0.118. The van der Waals surface area contributed by atoms with Gasteiger partial charge in [0.2, 0.25) is 5.91 Å². The van der Waals surface area contributed by atoms with Gasteiger partial charge >= 0.3 is 0 Å². The number of ether oxygens (including phenoxy) is 1. The summed E-state index contributed by atoms with van der Waals surface area (Å²) in [6.07, 6.45) is 4.66. The van der Waals surface area contributed by atoms with E-state index in [4.69, 9.17) is 4.74 Å². The molecule has 0 radical (unpaired) electrons. The Kier molecular flexibility index (Phi) is 4.49. The Labute approximate surface area is 117 Å². The minimum atomic E-state index is -0.118. The van der Waals surface area contributed by atoms with Gasteiger partial charge in [-0.25, -0.2) is 4.98 Å². The summed E-state index contributed by atoms with van der Waals surface area (Å²) >= 11 is 0. The summed E-state index contributed by atoms with van der Waals surface area (Å²) in [5.74, 6) is 1.26. The number of nitrogens with zero attached hydrogens (tertiary/aromatic N) is 3. The van der Waals surface area contributed by atoms with Crippen molar-refractivity contribution in [3.8, 4) is 5.75 Å². The van der Waals surface area contributed by atoms with Gasteiger partial charge in [-0.3, -0.25) is 9.89 Å². The second kappa shape index (κ2) is 6.51. The van der Waals surface area contributed by atoms with Gasteiger partial charge in [-0.05, 0) is 12.1 Å². The molecule has 2 rings (SSSR count). The molecule has 1 N–H and O–H groups in total. The number of methoxy groups -OCH3 is 1. The highest BCUT2D eigenvalue weighted by molar-refractivity contribution is 5.91. The average Bonchev–Trinajstić information content (AvgIpc) is 2.97. The van der Waals surface area contributed by atoms with E-state index in [1.807, 2.05) is 24.3 Å². The van der Waals surface area contributed by atoms with Crippen molar-refractivity contribution in [3.05, 3.63) is 48.1 Å². The van der Waals surface area contributed by atoms with Crippen LogP contribution in [0.25, 0.3) is 6.08 Å². The summed E-state index contributed by atoms with van der Waals surface area (Å²) in [5, 5.41) is 6.46. The lowest BCUT2D eigenvalue weighted by molar-refractivity contribution is -0.125. The van der Waals surface area contributed by atoms with Crippen molar-refractivity contribution in [2.45, 2.75) is 6.54 Å². The van der Waals surface area contributed by atoms with Crippen LogP contribution in [0.1, 0.15) is 11.4 Å². The maximum absolute atomic E-state index is 12.0. The second-order valence-electron chi connectivity index (χ2n) is 4.20. The van der Waals surface area contributed by atoms with Crippen molar-refractivity contribution >= 4 is 12.0 Å². The highest BCUT2D eigenvalue weighted by Crippen LogP contribution is 2.18. The number of nitrogens with one attached hydrogen (secondary N) is 1. The van der Waals surface area contributed by atoms with Gasteiger partial charge < -0.3 is 9.64 Å². The van der Waals surface area contributed by atoms with E-state index < -0.39 is 0 Å². The molecule has 0 saturated carbocycles. The fourth-order valence-corrected chi connectivity index (χ4v) is 1.70. The number of rotatable bonds is 5. The van der Waals surface area contributed by atoms with Crippen molar-refractivity contribution in [1.82, 2.24) is 20.1 Å². The number of aromatic nitrogens is 3. The van der Waals surface area contributed by atoms with Gasteiger partial charge in [-0.15, -0.1) is 0 Å². The molecule has 104 valence electrons. The molecule has 6 heteroatoms. The third-order valence-corrected chi connectivity index (χ3v) is 2.77. The quantitative estimate of drug-likeness (QED) is 0.837. The maximum Gasteiger partial charge on any atom is 0.246 e. The molecular formula is C14H16N4O2. The SMILES string of the molecule is COc1ccccc1C=CC(=O)N(C)Cc1ncn[nH]1. The third kappa shape index (κ3) is 3.44. The normalized spacial score (nSPS) is 10.7. The molecule has 0 spiro atoms. The van der Waals surface area contributed by atoms with Crippen LogP contribution >= 0.6 is 0 Å². The lowest BCUT2D eigenvalue weighted by Crippen LogP contribution is -2.24. The van der Waals surface area contributed by atoms with Crippen LogP contribution in [-0.2, 0) is 11.3 Å². The summed E-state index contributed by atoms with van der Waals surface area (Å²) in [5.41, 5.74) is 0.858. The first-order valence-corrected chi connectivity index (χ1v) is 6.11. The van der Waals surface area contributed by atoms with E-state index in [0.29, 0.717) is 12.4 Å². The van der Waals surface area contributed by atoms with Crippen LogP contribution in [0, 0.1) is 0 Å². The molecule has 1 aromatic heterocycles. The Hall–Kier alpha value is -2.63. The van der Waals surface area contributed by atoms with Crippen molar-refractivity contribution in [1.29, 1.82) is 0 Å². The zero-order valence-corrected chi connectivity index (χ0v) is 11.4. The average molecular weight is 272 g/mol. The predicted octanol–water partition coefficient (Wildman–Crippen LogP) is 1.49. The van der Waals surface area contributed by atoms with Crippen LogP contribution in [0.2, 0.25) is 0 Å². The molecule has 1 amide bonds. The van der Waals surface area contributed by atoms with Gasteiger partial charge in [-0.1, -0.05) is 18.2 Å². The fourth-order valence-electron chi connectivity index (χ4n) is 1.70. The maximum atomic E-state index is 12.0. The van der Waals surface area contributed by atoms with E-state index in [0.717, 1.165) is 11.3 Å². The zero-order valence-electron chi connectivity index (χ0n) is 11.4. The number of carbonyl (C=O) groups excluding carboxylic acids is 1. The number of likely N-dealkylation sites (N-methyl/N-ethyl adjacent to an activating group) is 1. The number of benzene rings is 1. The van der Waals surface area contributed by atoms with Gasteiger partial charge in [0.25, 0.3) is 0 Å². The molecule has 0 fully saturated rings. The molecule has 1 heterocycles. The first-order valence-electron chi connectivity index (χ1n) is 6.11. The summed E-state index contributed by atoms with van der Waals surface area (Å²) in [6, 6.07) is 7.51. The number of aromatic amines is 1. The van der Waals surface area contributed by atoms with E-state index in [9.17, 15) is 4.79 Å². The number of para-hydroxylation sites is 1. The van der Waals surface area contributed by atoms with E-state index in [2.05, 4.69) is 15.2 Å². The van der Waals surface area contributed by atoms with Gasteiger partial charge in [-0.2, -0.15) is 5.10 Å². The number of H-pyrrole nitrogens is 1. The Balaban J connectivity index is 2.01. The first-order chi connectivity index (χ1) is 9.70. The molecule has 0 atom stereocenters. The van der Waals surface area contributed by atoms with Crippen LogP contribution in [0.3, 0.4) is 0 Å². The minimum Gasteiger partial charge on any atom is -0.496 e. The number of carbonyl (C=O) groups is 1. The molecule has 0 saturated heterocycles. The zero-order chi connectivity index (χ0) is 14.4. The highest BCUT2D eigenvalue weighted by atomic mass is 16.5. The molecule has 0 bridgehead atoms. The Bertz CT molecular complexity index is 593. The Morgan fingerprint density at radius 2 is 2.25 bits per heavy atom. The predicted molar refractivity (Wildman–Crippen MR) is 74.9 cm³/mol. The number of amides is 1. The van der Waals surface area contributed by atoms with Crippen molar-refractivity contribution in [2.75, 3.05) is 14.2 Å². The largest absolute Gasteiger partial charge is 0.496 e. The number of hydrogen-bond acceptors (Lipinski definition) is 4. The van der Waals surface area contributed by atoms with Gasteiger partial charge in [0.05, 0.1) is 13.7 Å². The lowest BCUT2D eigenvalue weighted by Gasteiger charge is -2.12. The lowest BCUT2D eigenvalue weighted by atomic mass is 10.2. The molecule has 0 unspecified atom stereocenters. The molecular weight excluding hydrogens is 256 g/mol. The van der Waals surface area contributed by atoms with Crippen LogP contribution in [-0.4, -0.2) is 40.1 Å². The van der Waals surface area contributed by atoms with E-state index >= 15 is 0 Å². The first kappa shape index (κ1) is 13.8. The van der Waals surface area contributed by atoms with Gasteiger partial charge in [0.15, 0.2) is 0 Å². The second-order valence-corrected chi connectivity index (χ2v) is 4.20. The smallest absolute Gasteiger partial charge is 0.246 e. The Morgan fingerprint density at radius 1 is 1.45 bits per heavy atom. The van der Waals surface area contributed by atoms with E-state index in [1.54, 1.807) is 25.1 Å². The molecule has 1 aromatic carbocycles. The van der Waals surface area contributed by atoms with E-state index in [-0.39, 0.29) is 5.91 Å². The number of hydrogen-bond donors (Lipinski definition) is 1. The molecule has 6 nitrogen and oxygen atoms in total. The summed E-state index contributed by atoms with van der Waals surface area (Å²) in [7, 11) is 3.31. The van der Waals surface area contributed by atoms with Crippen molar-refractivity contribution in [2.24, 2.45) is 0 Å². The monoisotopic (exact) mass is 272 g/mol. The van der Waals surface area contributed by atoms with Crippen molar-refractivity contribution < 1.29 is 9.53 Å². The van der Waals surface area contributed by atoms with Gasteiger partial charge in [0, 0.05) is 18.7 Å². The van der Waals surface area contributed by atoms with Crippen LogP contribution in [0.4, 0.5) is 0 Å². The summed E-state index contributed by atoms with van der Waals surface area (Å²) < 4.78 is 5.22. The third-order valence-electron chi connectivity index (χ3n) is 2.77.